The molecule has 6 heteroatoms. The van der Waals surface area contributed by atoms with Crippen LogP contribution in [0.25, 0.3) is 5.65 Å². The van der Waals surface area contributed by atoms with Crippen molar-refractivity contribution in [2.75, 3.05) is 12.4 Å². The van der Waals surface area contributed by atoms with E-state index in [1.807, 2.05) is 6.20 Å². The van der Waals surface area contributed by atoms with Crippen LogP contribution in [0.2, 0.25) is 5.02 Å². The van der Waals surface area contributed by atoms with Crippen LogP contribution in [-0.4, -0.2) is 22.4 Å². The molecular weight excluding hydrogens is 290 g/mol. The lowest BCUT2D eigenvalue weighted by molar-refractivity contribution is 0.102. The number of nitrogens with one attached hydrogen (secondary N) is 1. The van der Waals surface area contributed by atoms with Gasteiger partial charge in [-0.1, -0.05) is 11.6 Å². The first kappa shape index (κ1) is 13.5. The Balaban J connectivity index is 1.97. The molecule has 3 rings (SSSR count). The second-order valence-electron chi connectivity index (χ2n) is 4.38. The zero-order chi connectivity index (χ0) is 14.8. The highest BCUT2D eigenvalue weighted by Gasteiger charge is 2.14. The molecule has 1 N–H and O–H groups in total. The van der Waals surface area contributed by atoms with Crippen LogP contribution in [0.4, 0.5) is 5.69 Å². The van der Waals surface area contributed by atoms with Gasteiger partial charge < -0.3 is 14.5 Å². The minimum Gasteiger partial charge on any atom is -0.495 e. The Morgan fingerprint density at radius 3 is 3.00 bits per heavy atom. The highest BCUT2D eigenvalue weighted by Crippen LogP contribution is 2.28. The SMILES string of the molecule is COc1ccc(Cl)cc1NC(=O)c1cccn2ccnc12. The number of aromatic nitrogens is 2. The number of carbonyl (C=O) groups is 1. The van der Waals surface area contributed by atoms with Crippen molar-refractivity contribution in [1.29, 1.82) is 0 Å². The van der Waals surface area contributed by atoms with Crippen LogP contribution in [0.5, 0.6) is 5.75 Å². The summed E-state index contributed by atoms with van der Waals surface area (Å²) < 4.78 is 7.00. The molecule has 2 heterocycles. The van der Waals surface area contributed by atoms with E-state index in [9.17, 15) is 4.79 Å². The van der Waals surface area contributed by atoms with Gasteiger partial charge in [-0.2, -0.15) is 0 Å². The second kappa shape index (κ2) is 5.46. The van der Waals surface area contributed by atoms with Crippen LogP contribution in [0, 0.1) is 0 Å². The van der Waals surface area contributed by atoms with Gasteiger partial charge in [0, 0.05) is 23.6 Å². The third kappa shape index (κ3) is 2.55. The molecule has 0 spiro atoms. The van der Waals surface area contributed by atoms with Crippen molar-refractivity contribution in [3.63, 3.8) is 0 Å². The van der Waals surface area contributed by atoms with E-state index in [0.717, 1.165) is 0 Å². The maximum absolute atomic E-state index is 12.4. The van der Waals surface area contributed by atoms with E-state index >= 15 is 0 Å². The highest BCUT2D eigenvalue weighted by molar-refractivity contribution is 6.31. The number of benzene rings is 1. The normalized spacial score (nSPS) is 10.6. The van der Waals surface area contributed by atoms with Gasteiger partial charge in [-0.3, -0.25) is 4.79 Å². The summed E-state index contributed by atoms with van der Waals surface area (Å²) in [5.74, 6) is 0.274. The summed E-state index contributed by atoms with van der Waals surface area (Å²) in [4.78, 5) is 16.6. The Kier molecular flexibility index (Phi) is 3.50. The van der Waals surface area contributed by atoms with E-state index in [1.165, 1.54) is 7.11 Å². The molecule has 106 valence electrons. The van der Waals surface area contributed by atoms with Crippen LogP contribution >= 0.6 is 11.6 Å². The Bertz CT molecular complexity index is 814. The van der Waals surface area contributed by atoms with Gasteiger partial charge in [-0.05, 0) is 30.3 Å². The maximum atomic E-state index is 12.4. The van der Waals surface area contributed by atoms with Gasteiger partial charge in [0.05, 0.1) is 18.4 Å². The molecule has 1 amide bonds. The topological polar surface area (TPSA) is 55.6 Å². The van der Waals surface area contributed by atoms with E-state index in [4.69, 9.17) is 16.3 Å². The highest BCUT2D eigenvalue weighted by atomic mass is 35.5. The van der Waals surface area contributed by atoms with E-state index in [0.29, 0.717) is 27.7 Å². The molecule has 2 aromatic heterocycles. The molecule has 0 atom stereocenters. The van der Waals surface area contributed by atoms with Crippen molar-refractivity contribution in [1.82, 2.24) is 9.38 Å². The van der Waals surface area contributed by atoms with Gasteiger partial charge >= 0.3 is 0 Å². The van der Waals surface area contributed by atoms with Crippen LogP contribution in [0.15, 0.2) is 48.9 Å². The molecular formula is C15H12ClN3O2. The van der Waals surface area contributed by atoms with E-state index in [1.54, 1.807) is 47.1 Å². The first-order chi connectivity index (χ1) is 10.2. The predicted octanol–water partition coefficient (Wildman–Crippen LogP) is 3.25. The zero-order valence-electron chi connectivity index (χ0n) is 11.2. The number of carbonyl (C=O) groups excluding carboxylic acids is 1. The van der Waals surface area contributed by atoms with Crippen molar-refractivity contribution < 1.29 is 9.53 Å². The molecule has 0 unspecified atom stereocenters. The molecule has 5 nitrogen and oxygen atoms in total. The molecule has 0 radical (unpaired) electrons. The largest absolute Gasteiger partial charge is 0.495 e. The summed E-state index contributed by atoms with van der Waals surface area (Å²) in [5, 5.41) is 3.32. The third-order valence-electron chi connectivity index (χ3n) is 3.07. The van der Waals surface area contributed by atoms with Crippen LogP contribution in [0.1, 0.15) is 10.4 Å². The quantitative estimate of drug-likeness (QED) is 0.808. The van der Waals surface area contributed by atoms with Gasteiger partial charge in [0.25, 0.3) is 5.91 Å². The number of rotatable bonds is 3. The number of hydrogen-bond acceptors (Lipinski definition) is 3. The standard InChI is InChI=1S/C15H12ClN3O2/c1-21-13-5-4-10(16)9-12(13)18-15(20)11-3-2-7-19-8-6-17-14(11)19/h2-9H,1H3,(H,18,20). The zero-order valence-corrected chi connectivity index (χ0v) is 12.0. The average Bonchev–Trinajstić information content (AvgIpc) is 2.95. The fraction of sp³-hybridized carbons (Fsp3) is 0.0667. The maximum Gasteiger partial charge on any atom is 0.259 e. The number of hydrogen-bond donors (Lipinski definition) is 1. The molecule has 0 bridgehead atoms. The number of imidazole rings is 1. The monoisotopic (exact) mass is 301 g/mol. The van der Waals surface area contributed by atoms with Gasteiger partial charge in [0.1, 0.15) is 11.4 Å². The van der Waals surface area contributed by atoms with Gasteiger partial charge in [-0.15, -0.1) is 0 Å². The molecule has 0 aliphatic heterocycles. The number of methoxy groups -OCH3 is 1. The Hall–Kier alpha value is -2.53. The lowest BCUT2D eigenvalue weighted by atomic mass is 10.2. The van der Waals surface area contributed by atoms with Crippen LogP contribution in [-0.2, 0) is 0 Å². The molecule has 0 saturated heterocycles. The van der Waals surface area contributed by atoms with Crippen LogP contribution < -0.4 is 10.1 Å². The number of anilines is 1. The second-order valence-corrected chi connectivity index (χ2v) is 4.82. The minimum absolute atomic E-state index is 0.271. The molecule has 3 aromatic rings. The summed E-state index contributed by atoms with van der Waals surface area (Å²) in [6.07, 6.45) is 5.26. The summed E-state index contributed by atoms with van der Waals surface area (Å²) in [6, 6.07) is 8.55. The van der Waals surface area contributed by atoms with E-state index in [2.05, 4.69) is 10.3 Å². The Morgan fingerprint density at radius 2 is 2.19 bits per heavy atom. The Morgan fingerprint density at radius 1 is 1.33 bits per heavy atom. The van der Waals surface area contributed by atoms with E-state index in [-0.39, 0.29) is 5.91 Å². The first-order valence-corrected chi connectivity index (χ1v) is 6.63. The molecule has 21 heavy (non-hydrogen) atoms. The number of nitrogens with zero attached hydrogens (tertiary/aromatic N) is 2. The van der Waals surface area contributed by atoms with Gasteiger partial charge in [0.2, 0.25) is 0 Å². The van der Waals surface area contributed by atoms with Crippen molar-refractivity contribution in [3.8, 4) is 5.75 Å². The fourth-order valence-electron chi connectivity index (χ4n) is 2.09. The third-order valence-corrected chi connectivity index (χ3v) is 3.31. The molecule has 0 aliphatic rings. The Labute approximate surface area is 126 Å². The minimum atomic E-state index is -0.271. The molecule has 0 aliphatic carbocycles. The number of pyridine rings is 1. The van der Waals surface area contributed by atoms with Crippen molar-refractivity contribution in [3.05, 3.63) is 59.5 Å². The first-order valence-electron chi connectivity index (χ1n) is 6.25. The summed E-state index contributed by atoms with van der Waals surface area (Å²) in [5.41, 5.74) is 1.59. The van der Waals surface area contributed by atoms with Crippen molar-refractivity contribution >= 4 is 28.8 Å². The predicted molar refractivity (Wildman–Crippen MR) is 81.1 cm³/mol. The van der Waals surface area contributed by atoms with Gasteiger partial charge in [0.15, 0.2) is 0 Å². The number of ether oxygens (including phenoxy) is 1. The van der Waals surface area contributed by atoms with E-state index < -0.39 is 0 Å². The van der Waals surface area contributed by atoms with Crippen LogP contribution in [0.3, 0.4) is 0 Å². The van der Waals surface area contributed by atoms with Crippen molar-refractivity contribution in [2.24, 2.45) is 0 Å². The summed E-state index contributed by atoms with van der Waals surface area (Å²) in [7, 11) is 1.54. The van der Waals surface area contributed by atoms with Gasteiger partial charge in [-0.25, -0.2) is 4.98 Å². The lowest BCUT2D eigenvalue weighted by Crippen LogP contribution is -2.14. The number of halogens is 1. The molecule has 0 saturated carbocycles. The summed E-state index contributed by atoms with van der Waals surface area (Å²) >= 11 is 5.96. The number of fused-ring (bicyclic) bond motifs is 1. The lowest BCUT2D eigenvalue weighted by Gasteiger charge is -2.11. The average molecular weight is 302 g/mol. The smallest absolute Gasteiger partial charge is 0.259 e. The fourth-order valence-corrected chi connectivity index (χ4v) is 2.27. The number of amides is 1. The molecule has 0 fully saturated rings. The summed E-state index contributed by atoms with van der Waals surface area (Å²) in [6.45, 7) is 0. The van der Waals surface area contributed by atoms with Crippen molar-refractivity contribution in [2.45, 2.75) is 0 Å². The molecule has 1 aromatic carbocycles.